The number of amides is 1. The summed E-state index contributed by atoms with van der Waals surface area (Å²) in [6, 6.07) is 31.0. The lowest BCUT2D eigenvalue weighted by molar-refractivity contribution is -0.131. The summed E-state index contributed by atoms with van der Waals surface area (Å²) >= 11 is 0. The van der Waals surface area contributed by atoms with E-state index in [4.69, 9.17) is 0 Å². The Morgan fingerprint density at radius 3 is 1.67 bits per heavy atom. The van der Waals surface area contributed by atoms with Crippen molar-refractivity contribution < 1.29 is 4.79 Å². The van der Waals surface area contributed by atoms with Gasteiger partial charge >= 0.3 is 0 Å². The lowest BCUT2D eigenvalue weighted by Gasteiger charge is -2.36. The zero-order valence-electron chi connectivity index (χ0n) is 17.1. The molecule has 0 spiro atoms. The van der Waals surface area contributed by atoms with E-state index in [1.165, 1.54) is 5.69 Å². The number of piperazine rings is 1. The van der Waals surface area contributed by atoms with E-state index in [1.807, 2.05) is 47.4 Å². The summed E-state index contributed by atoms with van der Waals surface area (Å²) in [4.78, 5) is 19.5. The van der Waals surface area contributed by atoms with Crippen LogP contribution in [-0.4, -0.2) is 43.5 Å². The minimum Gasteiger partial charge on any atom is -0.368 e. The molecule has 4 rings (SSSR count). The van der Waals surface area contributed by atoms with Gasteiger partial charge in [0.25, 0.3) is 0 Å². The van der Waals surface area contributed by atoms with Crippen molar-refractivity contribution in [2.24, 2.45) is 0 Å². The second kappa shape index (κ2) is 10.7. The van der Waals surface area contributed by atoms with Gasteiger partial charge in [-0.25, -0.2) is 0 Å². The molecule has 156 valence electrons. The van der Waals surface area contributed by atoms with Crippen LogP contribution in [0.25, 0.3) is 0 Å². The summed E-state index contributed by atoms with van der Waals surface area (Å²) < 4.78 is 0. The third kappa shape index (κ3) is 5.33. The minimum absolute atomic E-state index is 0. The third-order valence-electron chi connectivity index (χ3n) is 5.44. The Balaban J connectivity index is 0.00000256. The highest BCUT2D eigenvalue weighted by molar-refractivity contribution is 5.85. The van der Waals surface area contributed by atoms with Gasteiger partial charge in [-0.2, -0.15) is 0 Å². The molecule has 1 aliphatic rings. The molecule has 0 radical (unpaired) electrons. The van der Waals surface area contributed by atoms with Gasteiger partial charge in [-0.1, -0.05) is 54.6 Å². The van der Waals surface area contributed by atoms with Crippen LogP contribution >= 0.6 is 12.4 Å². The van der Waals surface area contributed by atoms with Gasteiger partial charge < -0.3 is 14.7 Å². The zero-order valence-corrected chi connectivity index (χ0v) is 17.9. The van der Waals surface area contributed by atoms with E-state index in [2.05, 4.69) is 58.3 Å². The number of benzene rings is 3. The number of carbonyl (C=O) groups excluding carboxylic acids is 1. The van der Waals surface area contributed by atoms with Gasteiger partial charge in [-0.15, -0.1) is 12.4 Å². The smallest absolute Gasteiger partial charge is 0.224 e. The second-order valence-corrected chi connectivity index (χ2v) is 7.28. The molecule has 0 aromatic heterocycles. The summed E-state index contributed by atoms with van der Waals surface area (Å²) in [6.07, 6.45) is 0.509. The van der Waals surface area contributed by atoms with Crippen molar-refractivity contribution in [1.82, 2.24) is 4.90 Å². The minimum atomic E-state index is 0. The first-order valence-electron chi connectivity index (χ1n) is 10.3. The van der Waals surface area contributed by atoms with Crippen LogP contribution in [-0.2, 0) is 4.79 Å². The Bertz CT molecular complexity index is 858. The van der Waals surface area contributed by atoms with Gasteiger partial charge in [0.1, 0.15) is 0 Å². The van der Waals surface area contributed by atoms with Gasteiger partial charge in [-0.3, -0.25) is 4.79 Å². The molecule has 1 saturated heterocycles. The second-order valence-electron chi connectivity index (χ2n) is 7.28. The average Bonchev–Trinajstić information content (AvgIpc) is 2.81. The molecule has 3 aromatic carbocycles. The maximum absolute atomic E-state index is 12.9. The Morgan fingerprint density at radius 1 is 0.700 bits per heavy atom. The first-order valence-corrected chi connectivity index (χ1v) is 10.3. The Hall–Kier alpha value is -2.98. The molecule has 30 heavy (non-hydrogen) atoms. The van der Waals surface area contributed by atoms with Gasteiger partial charge in [0.05, 0.1) is 0 Å². The molecular weight excluding hydrogens is 394 g/mol. The summed E-state index contributed by atoms with van der Waals surface area (Å²) in [6.45, 7) is 4.01. The molecule has 0 unspecified atom stereocenters. The van der Waals surface area contributed by atoms with Crippen LogP contribution in [0.1, 0.15) is 6.42 Å². The van der Waals surface area contributed by atoms with Crippen molar-refractivity contribution in [3.8, 4) is 0 Å². The van der Waals surface area contributed by atoms with E-state index < -0.39 is 0 Å². The molecule has 1 aliphatic heterocycles. The standard InChI is InChI=1S/C25H27N3O.ClH/c29-25(27-20-18-26(19-21-27)22-10-4-1-5-11-22)16-17-28(23-12-6-2-7-13-23)24-14-8-3-9-15-24;/h1-15H,16-21H2;1H. The fraction of sp³-hybridized carbons (Fsp3) is 0.240. The summed E-state index contributed by atoms with van der Waals surface area (Å²) in [5.41, 5.74) is 3.46. The first-order chi connectivity index (χ1) is 14.3. The first kappa shape index (κ1) is 21.7. The topological polar surface area (TPSA) is 26.8 Å². The molecule has 1 amide bonds. The largest absolute Gasteiger partial charge is 0.368 e. The molecular formula is C25H28ClN3O. The summed E-state index contributed by atoms with van der Waals surface area (Å²) in [7, 11) is 0. The van der Waals surface area contributed by atoms with Crippen molar-refractivity contribution in [2.45, 2.75) is 6.42 Å². The van der Waals surface area contributed by atoms with Gasteiger partial charge in [0.15, 0.2) is 0 Å². The van der Waals surface area contributed by atoms with E-state index in [1.54, 1.807) is 0 Å². The Labute approximate surface area is 185 Å². The van der Waals surface area contributed by atoms with E-state index in [-0.39, 0.29) is 18.3 Å². The van der Waals surface area contributed by atoms with Crippen molar-refractivity contribution >= 4 is 35.4 Å². The van der Waals surface area contributed by atoms with E-state index >= 15 is 0 Å². The fourth-order valence-electron chi connectivity index (χ4n) is 3.84. The lowest BCUT2D eigenvalue weighted by Crippen LogP contribution is -2.49. The van der Waals surface area contributed by atoms with Crippen molar-refractivity contribution in [3.05, 3.63) is 91.0 Å². The van der Waals surface area contributed by atoms with E-state index in [0.717, 1.165) is 37.6 Å². The highest BCUT2D eigenvalue weighted by Gasteiger charge is 2.22. The van der Waals surface area contributed by atoms with Crippen LogP contribution in [0.3, 0.4) is 0 Å². The van der Waals surface area contributed by atoms with Gasteiger partial charge in [0, 0.05) is 56.2 Å². The van der Waals surface area contributed by atoms with Gasteiger partial charge in [-0.05, 0) is 36.4 Å². The monoisotopic (exact) mass is 421 g/mol. The zero-order chi connectivity index (χ0) is 19.9. The van der Waals surface area contributed by atoms with Crippen LogP contribution in [0.4, 0.5) is 17.1 Å². The molecule has 0 aliphatic carbocycles. The molecule has 0 N–H and O–H groups in total. The normalized spacial score (nSPS) is 13.5. The quantitative estimate of drug-likeness (QED) is 0.561. The number of hydrogen-bond acceptors (Lipinski definition) is 3. The van der Waals surface area contributed by atoms with Crippen LogP contribution in [0.15, 0.2) is 91.0 Å². The number of para-hydroxylation sites is 3. The van der Waals surface area contributed by atoms with E-state index in [9.17, 15) is 4.79 Å². The van der Waals surface area contributed by atoms with Crippen LogP contribution < -0.4 is 9.80 Å². The van der Waals surface area contributed by atoms with Gasteiger partial charge in [0.2, 0.25) is 5.91 Å². The molecule has 4 nitrogen and oxygen atoms in total. The Morgan fingerprint density at radius 2 is 1.17 bits per heavy atom. The van der Waals surface area contributed by atoms with Crippen LogP contribution in [0.5, 0.6) is 0 Å². The summed E-state index contributed by atoms with van der Waals surface area (Å²) in [5.74, 6) is 0.231. The van der Waals surface area contributed by atoms with E-state index in [0.29, 0.717) is 13.0 Å². The average molecular weight is 422 g/mol. The highest BCUT2D eigenvalue weighted by atomic mass is 35.5. The molecule has 1 heterocycles. The molecule has 0 atom stereocenters. The third-order valence-corrected chi connectivity index (χ3v) is 5.44. The molecule has 1 fully saturated rings. The Kier molecular flexibility index (Phi) is 7.75. The highest BCUT2D eigenvalue weighted by Crippen LogP contribution is 2.25. The number of rotatable bonds is 6. The molecule has 3 aromatic rings. The molecule has 5 heteroatoms. The number of carbonyl (C=O) groups is 1. The number of anilines is 3. The molecule has 0 bridgehead atoms. The fourth-order valence-corrected chi connectivity index (χ4v) is 3.84. The maximum Gasteiger partial charge on any atom is 0.224 e. The summed E-state index contributed by atoms with van der Waals surface area (Å²) in [5, 5.41) is 0. The van der Waals surface area contributed by atoms with Crippen LogP contribution in [0, 0.1) is 0 Å². The number of halogens is 1. The maximum atomic E-state index is 12.9. The predicted molar refractivity (Wildman–Crippen MR) is 127 cm³/mol. The predicted octanol–water partition coefficient (Wildman–Crippen LogP) is 4.99. The molecule has 0 saturated carbocycles. The van der Waals surface area contributed by atoms with Crippen LogP contribution in [0.2, 0.25) is 0 Å². The lowest BCUT2D eigenvalue weighted by atomic mass is 10.2. The SMILES string of the molecule is Cl.O=C(CCN(c1ccccc1)c1ccccc1)N1CCN(c2ccccc2)CC1. The van der Waals surface area contributed by atoms with Crippen molar-refractivity contribution in [1.29, 1.82) is 0 Å². The number of nitrogens with zero attached hydrogens (tertiary/aromatic N) is 3. The van der Waals surface area contributed by atoms with Crippen molar-refractivity contribution in [2.75, 3.05) is 42.5 Å². The number of hydrogen-bond donors (Lipinski definition) is 0. The van der Waals surface area contributed by atoms with Crippen molar-refractivity contribution in [3.63, 3.8) is 0 Å².